The smallest absolute Gasteiger partial charge is 0.309 e. The molecule has 2 unspecified atom stereocenters. The van der Waals surface area contributed by atoms with Crippen LogP contribution in [-0.2, 0) is 19.1 Å². The molecular weight excluding hydrogens is 244 g/mol. The Balaban J connectivity index is 2.98. The Labute approximate surface area is 113 Å². The number of hydrogen-bond acceptors (Lipinski definition) is 4. The molecule has 0 saturated heterocycles. The number of rotatable bonds is 6. The third kappa shape index (κ3) is 4.16. The van der Waals surface area contributed by atoms with Crippen LogP contribution in [0.15, 0.2) is 23.8 Å². The summed E-state index contributed by atoms with van der Waals surface area (Å²) in [5.41, 5.74) is 0.433. The van der Waals surface area contributed by atoms with Gasteiger partial charge in [-0.3, -0.25) is 14.4 Å². The van der Waals surface area contributed by atoms with Crippen molar-refractivity contribution in [2.75, 3.05) is 6.61 Å². The molecule has 0 aromatic heterocycles. The Kier molecular flexibility index (Phi) is 5.67. The first-order chi connectivity index (χ1) is 8.99. The van der Waals surface area contributed by atoms with Gasteiger partial charge in [-0.25, -0.2) is 0 Å². The molecule has 0 heterocycles. The van der Waals surface area contributed by atoms with Crippen molar-refractivity contribution in [1.82, 2.24) is 0 Å². The molecule has 104 valence electrons. The van der Waals surface area contributed by atoms with Crippen molar-refractivity contribution in [3.05, 3.63) is 23.8 Å². The molecule has 0 saturated carbocycles. The Morgan fingerprint density at radius 1 is 1.42 bits per heavy atom. The fourth-order valence-corrected chi connectivity index (χ4v) is 2.17. The van der Waals surface area contributed by atoms with E-state index >= 15 is 0 Å². The molecule has 1 rings (SSSR count). The summed E-state index contributed by atoms with van der Waals surface area (Å²) in [5, 5.41) is 0. The van der Waals surface area contributed by atoms with Crippen molar-refractivity contribution in [3.8, 4) is 0 Å². The summed E-state index contributed by atoms with van der Waals surface area (Å²) in [6.07, 6.45) is 5.66. The highest BCUT2D eigenvalue weighted by atomic mass is 16.5. The topological polar surface area (TPSA) is 60.4 Å². The quantitative estimate of drug-likeness (QED) is 0.544. The van der Waals surface area contributed by atoms with Gasteiger partial charge in [0.15, 0.2) is 5.78 Å². The maximum absolute atomic E-state index is 12.0. The Hall–Kier alpha value is -1.71. The largest absolute Gasteiger partial charge is 0.466 e. The van der Waals surface area contributed by atoms with Crippen LogP contribution < -0.4 is 0 Å². The molecule has 1 aliphatic carbocycles. The highest BCUT2D eigenvalue weighted by molar-refractivity contribution is 6.00. The summed E-state index contributed by atoms with van der Waals surface area (Å²) >= 11 is 0. The highest BCUT2D eigenvalue weighted by Crippen LogP contribution is 2.28. The minimum atomic E-state index is -0.591. The van der Waals surface area contributed by atoms with Crippen LogP contribution in [0.5, 0.6) is 0 Å². The van der Waals surface area contributed by atoms with Gasteiger partial charge in [0.05, 0.1) is 18.4 Å². The summed E-state index contributed by atoms with van der Waals surface area (Å²) in [5.74, 6) is -1.36. The predicted octanol–water partition coefficient (Wildman–Crippen LogP) is 2.09. The van der Waals surface area contributed by atoms with Crippen LogP contribution in [0.1, 0.15) is 27.2 Å². The average Bonchev–Trinajstić information content (AvgIpc) is 2.37. The third-order valence-corrected chi connectivity index (χ3v) is 3.02. The van der Waals surface area contributed by atoms with Crippen LogP contribution in [0.3, 0.4) is 0 Å². The SMILES string of the molecule is CCOC(=O)C(CC(C)C)C1C=C(C=O)C=CC1=O. The van der Waals surface area contributed by atoms with Gasteiger partial charge in [-0.2, -0.15) is 0 Å². The lowest BCUT2D eigenvalue weighted by Crippen LogP contribution is -2.32. The maximum Gasteiger partial charge on any atom is 0.309 e. The molecular formula is C15H20O4. The van der Waals surface area contributed by atoms with Crippen molar-refractivity contribution in [3.63, 3.8) is 0 Å². The molecule has 0 N–H and O–H groups in total. The lowest BCUT2D eigenvalue weighted by Gasteiger charge is -2.24. The molecule has 0 spiro atoms. The number of ether oxygens (including phenoxy) is 1. The van der Waals surface area contributed by atoms with E-state index in [0.29, 0.717) is 18.3 Å². The second-order valence-corrected chi connectivity index (χ2v) is 5.03. The van der Waals surface area contributed by atoms with Crippen molar-refractivity contribution in [1.29, 1.82) is 0 Å². The van der Waals surface area contributed by atoms with E-state index in [9.17, 15) is 14.4 Å². The lowest BCUT2D eigenvalue weighted by atomic mass is 9.80. The standard InChI is InChI=1S/C15H20O4/c1-4-19-15(18)13(7-10(2)3)12-8-11(9-16)5-6-14(12)17/h5-6,8-10,12-13H,4,7H2,1-3H3. The molecule has 0 fully saturated rings. The van der Waals surface area contributed by atoms with Crippen LogP contribution in [0.4, 0.5) is 0 Å². The monoisotopic (exact) mass is 264 g/mol. The van der Waals surface area contributed by atoms with Gasteiger partial charge in [0.2, 0.25) is 0 Å². The average molecular weight is 264 g/mol. The van der Waals surface area contributed by atoms with Crippen LogP contribution in [0.25, 0.3) is 0 Å². The number of carbonyl (C=O) groups is 3. The molecule has 2 atom stereocenters. The molecule has 4 heteroatoms. The van der Waals surface area contributed by atoms with E-state index in [0.717, 1.165) is 0 Å². The van der Waals surface area contributed by atoms with Gasteiger partial charge >= 0.3 is 5.97 Å². The van der Waals surface area contributed by atoms with E-state index in [4.69, 9.17) is 4.74 Å². The van der Waals surface area contributed by atoms with E-state index in [2.05, 4.69) is 0 Å². The fraction of sp³-hybridized carbons (Fsp3) is 0.533. The molecule has 0 aliphatic heterocycles. The minimum Gasteiger partial charge on any atom is -0.466 e. The maximum atomic E-state index is 12.0. The molecule has 0 bridgehead atoms. The Bertz CT molecular complexity index is 418. The predicted molar refractivity (Wildman–Crippen MR) is 71.4 cm³/mol. The summed E-state index contributed by atoms with van der Waals surface area (Å²) in [7, 11) is 0. The van der Waals surface area contributed by atoms with Crippen molar-refractivity contribution < 1.29 is 19.1 Å². The molecule has 19 heavy (non-hydrogen) atoms. The highest BCUT2D eigenvalue weighted by Gasteiger charge is 2.34. The lowest BCUT2D eigenvalue weighted by molar-refractivity contribution is -0.151. The molecule has 0 aromatic carbocycles. The zero-order valence-electron chi connectivity index (χ0n) is 11.6. The summed E-state index contributed by atoms with van der Waals surface area (Å²) in [6, 6.07) is 0. The number of esters is 1. The van der Waals surface area contributed by atoms with Gasteiger partial charge in [0, 0.05) is 5.57 Å². The van der Waals surface area contributed by atoms with Crippen LogP contribution in [-0.4, -0.2) is 24.6 Å². The first-order valence-corrected chi connectivity index (χ1v) is 6.55. The van der Waals surface area contributed by atoms with Crippen molar-refractivity contribution in [2.24, 2.45) is 17.8 Å². The van der Waals surface area contributed by atoms with Gasteiger partial charge in [-0.05, 0) is 31.4 Å². The summed E-state index contributed by atoms with van der Waals surface area (Å²) < 4.78 is 5.04. The van der Waals surface area contributed by atoms with Crippen molar-refractivity contribution >= 4 is 18.0 Å². The molecule has 0 aromatic rings. The zero-order chi connectivity index (χ0) is 14.4. The normalized spacial score (nSPS) is 20.1. The number of allylic oxidation sites excluding steroid dienone is 4. The third-order valence-electron chi connectivity index (χ3n) is 3.02. The van der Waals surface area contributed by atoms with E-state index in [1.807, 2.05) is 13.8 Å². The number of aldehydes is 1. The minimum absolute atomic E-state index is 0.149. The summed E-state index contributed by atoms with van der Waals surface area (Å²) in [6.45, 7) is 5.99. The Morgan fingerprint density at radius 2 is 2.11 bits per heavy atom. The molecule has 4 nitrogen and oxygen atoms in total. The van der Waals surface area contributed by atoms with Crippen LogP contribution >= 0.6 is 0 Å². The second-order valence-electron chi connectivity index (χ2n) is 5.03. The van der Waals surface area contributed by atoms with E-state index < -0.39 is 11.8 Å². The van der Waals surface area contributed by atoms with Gasteiger partial charge < -0.3 is 4.74 Å². The molecule has 0 radical (unpaired) electrons. The van der Waals surface area contributed by atoms with Crippen molar-refractivity contribution in [2.45, 2.75) is 27.2 Å². The van der Waals surface area contributed by atoms with Gasteiger partial charge in [-0.15, -0.1) is 0 Å². The molecule has 0 amide bonds. The van der Waals surface area contributed by atoms with Gasteiger partial charge in [-0.1, -0.05) is 19.9 Å². The van der Waals surface area contributed by atoms with Crippen LogP contribution in [0.2, 0.25) is 0 Å². The first-order valence-electron chi connectivity index (χ1n) is 6.55. The number of ketones is 1. The second kappa shape index (κ2) is 7.02. The Morgan fingerprint density at radius 3 is 2.63 bits per heavy atom. The van der Waals surface area contributed by atoms with Crippen LogP contribution in [0, 0.1) is 17.8 Å². The van der Waals surface area contributed by atoms with Gasteiger partial charge in [0.1, 0.15) is 6.29 Å². The van der Waals surface area contributed by atoms with Gasteiger partial charge in [0.25, 0.3) is 0 Å². The summed E-state index contributed by atoms with van der Waals surface area (Å²) in [4.78, 5) is 34.7. The zero-order valence-corrected chi connectivity index (χ0v) is 11.6. The fourth-order valence-electron chi connectivity index (χ4n) is 2.17. The first kappa shape index (κ1) is 15.3. The number of hydrogen-bond donors (Lipinski definition) is 0. The van der Waals surface area contributed by atoms with E-state index in [-0.39, 0.29) is 24.3 Å². The number of carbonyl (C=O) groups excluding carboxylic acids is 3. The van der Waals surface area contributed by atoms with E-state index in [1.54, 1.807) is 13.0 Å². The van der Waals surface area contributed by atoms with E-state index in [1.165, 1.54) is 12.2 Å². The molecule has 1 aliphatic rings.